The molecule has 1 aliphatic heterocycles. The van der Waals surface area contributed by atoms with Gasteiger partial charge in [0.1, 0.15) is 0 Å². The number of aromatic nitrogens is 2. The van der Waals surface area contributed by atoms with Crippen LogP contribution in [0.15, 0.2) is 47.4 Å². The van der Waals surface area contributed by atoms with Crippen LogP contribution in [0.3, 0.4) is 0 Å². The van der Waals surface area contributed by atoms with E-state index < -0.39 is 0 Å². The average Bonchev–Trinajstić information content (AvgIpc) is 2.66. The van der Waals surface area contributed by atoms with Gasteiger partial charge in [-0.05, 0) is 31.2 Å². The first-order chi connectivity index (χ1) is 12.2. The molecule has 0 spiro atoms. The lowest BCUT2D eigenvalue weighted by Crippen LogP contribution is -2.43. The molecule has 1 amide bonds. The van der Waals surface area contributed by atoms with E-state index in [1.807, 2.05) is 18.2 Å². The maximum absolute atomic E-state index is 12.4. The SMILES string of the molecule is O=C(NCCCc1ccccc1)[C@@H]1CCCN(c2cn[nH]c(=O)c2)C1. The molecule has 1 atom stereocenters. The Labute approximate surface area is 147 Å². The summed E-state index contributed by atoms with van der Waals surface area (Å²) < 4.78 is 0. The second-order valence-electron chi connectivity index (χ2n) is 6.47. The van der Waals surface area contributed by atoms with Crippen LogP contribution in [-0.2, 0) is 11.2 Å². The van der Waals surface area contributed by atoms with Gasteiger partial charge in [0.25, 0.3) is 5.56 Å². The minimum atomic E-state index is -0.218. The van der Waals surface area contributed by atoms with Gasteiger partial charge < -0.3 is 10.2 Å². The minimum Gasteiger partial charge on any atom is -0.369 e. The Kier molecular flexibility index (Phi) is 5.82. The lowest BCUT2D eigenvalue weighted by molar-refractivity contribution is -0.125. The largest absolute Gasteiger partial charge is 0.369 e. The zero-order valence-corrected chi connectivity index (χ0v) is 14.3. The third-order valence-corrected chi connectivity index (χ3v) is 4.59. The third kappa shape index (κ3) is 4.92. The van der Waals surface area contributed by atoms with Gasteiger partial charge in [-0.2, -0.15) is 5.10 Å². The van der Waals surface area contributed by atoms with E-state index in [0.717, 1.165) is 37.9 Å². The Morgan fingerprint density at radius 2 is 2.16 bits per heavy atom. The van der Waals surface area contributed by atoms with Gasteiger partial charge in [-0.1, -0.05) is 30.3 Å². The number of nitrogens with one attached hydrogen (secondary N) is 2. The van der Waals surface area contributed by atoms with E-state index in [1.54, 1.807) is 6.20 Å². The Morgan fingerprint density at radius 1 is 1.32 bits per heavy atom. The summed E-state index contributed by atoms with van der Waals surface area (Å²) in [5.74, 6) is 0.0697. The van der Waals surface area contributed by atoms with E-state index in [-0.39, 0.29) is 17.4 Å². The van der Waals surface area contributed by atoms with Crippen LogP contribution in [0.25, 0.3) is 0 Å². The highest BCUT2D eigenvalue weighted by Crippen LogP contribution is 2.21. The van der Waals surface area contributed by atoms with Crippen molar-refractivity contribution in [2.75, 3.05) is 24.5 Å². The van der Waals surface area contributed by atoms with Crippen molar-refractivity contribution in [2.24, 2.45) is 5.92 Å². The highest BCUT2D eigenvalue weighted by Gasteiger charge is 2.26. The van der Waals surface area contributed by atoms with Crippen molar-refractivity contribution in [2.45, 2.75) is 25.7 Å². The summed E-state index contributed by atoms with van der Waals surface area (Å²) in [6.45, 7) is 2.18. The fourth-order valence-electron chi connectivity index (χ4n) is 3.26. The number of hydrogen-bond donors (Lipinski definition) is 2. The number of aromatic amines is 1. The van der Waals surface area contributed by atoms with Gasteiger partial charge >= 0.3 is 0 Å². The molecule has 0 unspecified atom stereocenters. The Morgan fingerprint density at radius 3 is 2.96 bits per heavy atom. The Hall–Kier alpha value is -2.63. The second-order valence-corrected chi connectivity index (χ2v) is 6.47. The van der Waals surface area contributed by atoms with Crippen molar-refractivity contribution >= 4 is 11.6 Å². The molecular formula is C19H24N4O2. The number of benzene rings is 1. The molecule has 6 nitrogen and oxygen atoms in total. The van der Waals surface area contributed by atoms with Gasteiger partial charge in [0.2, 0.25) is 5.91 Å². The van der Waals surface area contributed by atoms with Crippen molar-refractivity contribution in [3.05, 3.63) is 58.5 Å². The molecule has 132 valence electrons. The number of anilines is 1. The van der Waals surface area contributed by atoms with Crippen LogP contribution in [0, 0.1) is 5.92 Å². The highest BCUT2D eigenvalue weighted by molar-refractivity contribution is 5.79. The summed E-state index contributed by atoms with van der Waals surface area (Å²) in [6, 6.07) is 11.8. The molecule has 1 aliphatic rings. The molecule has 0 saturated carbocycles. The van der Waals surface area contributed by atoms with Gasteiger partial charge in [0.05, 0.1) is 17.8 Å². The first-order valence-electron chi connectivity index (χ1n) is 8.84. The molecule has 25 heavy (non-hydrogen) atoms. The number of piperidine rings is 1. The van der Waals surface area contributed by atoms with Gasteiger partial charge in [0.15, 0.2) is 0 Å². The maximum atomic E-state index is 12.4. The number of rotatable bonds is 6. The molecule has 0 aliphatic carbocycles. The van der Waals surface area contributed by atoms with Crippen molar-refractivity contribution < 1.29 is 4.79 Å². The van der Waals surface area contributed by atoms with Crippen molar-refractivity contribution in [3.63, 3.8) is 0 Å². The first kappa shape index (κ1) is 17.2. The molecule has 1 aromatic carbocycles. The zero-order chi connectivity index (χ0) is 17.5. The summed E-state index contributed by atoms with van der Waals surface area (Å²) in [5.41, 5.74) is 1.86. The number of carbonyl (C=O) groups excluding carboxylic acids is 1. The number of amides is 1. The molecule has 0 bridgehead atoms. The second kappa shape index (κ2) is 8.46. The molecule has 1 fully saturated rings. The molecule has 1 aromatic heterocycles. The van der Waals surface area contributed by atoms with E-state index in [9.17, 15) is 9.59 Å². The molecular weight excluding hydrogens is 316 g/mol. The lowest BCUT2D eigenvalue weighted by atomic mass is 9.96. The maximum Gasteiger partial charge on any atom is 0.266 e. The minimum absolute atomic E-state index is 0.0373. The van der Waals surface area contributed by atoms with E-state index >= 15 is 0 Å². The summed E-state index contributed by atoms with van der Waals surface area (Å²) >= 11 is 0. The monoisotopic (exact) mass is 340 g/mol. The van der Waals surface area contributed by atoms with Crippen molar-refractivity contribution in [3.8, 4) is 0 Å². The predicted octanol–water partition coefficient (Wildman–Crippen LogP) is 1.74. The third-order valence-electron chi connectivity index (χ3n) is 4.59. The van der Waals surface area contributed by atoms with E-state index in [4.69, 9.17) is 0 Å². The van der Waals surface area contributed by atoms with Crippen LogP contribution in [0.2, 0.25) is 0 Å². The average molecular weight is 340 g/mol. The Bertz CT molecular complexity index is 744. The van der Waals surface area contributed by atoms with Crippen molar-refractivity contribution in [1.82, 2.24) is 15.5 Å². The standard InChI is InChI=1S/C19H24N4O2/c24-18-12-17(13-21-22-18)23-11-5-9-16(14-23)19(25)20-10-4-8-15-6-2-1-3-7-15/h1-3,6-7,12-13,16H,4-5,8-11,14H2,(H,20,25)(H,22,24)/t16-/m1/s1. The van der Waals surface area contributed by atoms with Crippen LogP contribution in [0.4, 0.5) is 5.69 Å². The highest BCUT2D eigenvalue weighted by atomic mass is 16.2. The summed E-state index contributed by atoms with van der Waals surface area (Å²) in [6.07, 6.45) is 5.37. The lowest BCUT2D eigenvalue weighted by Gasteiger charge is -2.33. The van der Waals surface area contributed by atoms with Crippen molar-refractivity contribution in [1.29, 1.82) is 0 Å². The number of nitrogens with zero attached hydrogens (tertiary/aromatic N) is 2. The van der Waals surface area contributed by atoms with Crippen LogP contribution in [0.5, 0.6) is 0 Å². The quantitative estimate of drug-likeness (QED) is 0.785. The van der Waals surface area contributed by atoms with Gasteiger partial charge in [-0.25, -0.2) is 5.10 Å². The first-order valence-corrected chi connectivity index (χ1v) is 8.84. The topological polar surface area (TPSA) is 78.1 Å². The summed E-state index contributed by atoms with van der Waals surface area (Å²) in [7, 11) is 0. The fourth-order valence-corrected chi connectivity index (χ4v) is 3.26. The van der Waals surface area contributed by atoms with Gasteiger partial charge in [0, 0.05) is 25.7 Å². The zero-order valence-electron chi connectivity index (χ0n) is 14.3. The molecule has 1 saturated heterocycles. The predicted molar refractivity (Wildman–Crippen MR) is 97.6 cm³/mol. The summed E-state index contributed by atoms with van der Waals surface area (Å²) in [5, 5.41) is 9.28. The number of H-pyrrole nitrogens is 1. The number of hydrogen-bond acceptors (Lipinski definition) is 4. The number of carbonyl (C=O) groups is 1. The smallest absolute Gasteiger partial charge is 0.266 e. The van der Waals surface area contributed by atoms with Crippen LogP contribution in [-0.4, -0.2) is 35.7 Å². The molecule has 2 aromatic rings. The molecule has 0 radical (unpaired) electrons. The number of aryl methyl sites for hydroxylation is 1. The molecule has 2 N–H and O–H groups in total. The normalized spacial score (nSPS) is 17.3. The van der Waals surface area contributed by atoms with Crippen LogP contribution in [0.1, 0.15) is 24.8 Å². The molecule has 3 rings (SSSR count). The van der Waals surface area contributed by atoms with E-state index in [2.05, 4.69) is 32.5 Å². The van der Waals surface area contributed by atoms with Gasteiger partial charge in [-0.3, -0.25) is 9.59 Å². The Balaban J connectivity index is 1.46. The van der Waals surface area contributed by atoms with E-state index in [0.29, 0.717) is 13.1 Å². The van der Waals surface area contributed by atoms with E-state index in [1.165, 1.54) is 11.6 Å². The van der Waals surface area contributed by atoms with Crippen LogP contribution >= 0.6 is 0 Å². The fraction of sp³-hybridized carbons (Fsp3) is 0.421. The summed E-state index contributed by atoms with van der Waals surface area (Å²) in [4.78, 5) is 25.9. The van der Waals surface area contributed by atoms with Crippen LogP contribution < -0.4 is 15.8 Å². The van der Waals surface area contributed by atoms with Gasteiger partial charge in [-0.15, -0.1) is 0 Å². The molecule has 2 heterocycles. The molecule has 6 heteroatoms.